The largest absolute Gasteiger partial charge is 0.332 e. The van der Waals surface area contributed by atoms with Crippen LogP contribution < -0.4 is 5.32 Å². The number of carbonyl (C=O) groups excluding carboxylic acids is 1. The van der Waals surface area contributed by atoms with E-state index in [4.69, 9.17) is 0 Å². The summed E-state index contributed by atoms with van der Waals surface area (Å²) in [6, 6.07) is 16.0. The molecule has 0 radical (unpaired) electrons. The second-order valence-electron chi connectivity index (χ2n) is 8.86. The fraction of sp³-hybridized carbons (Fsp3) is 0.370. The highest BCUT2D eigenvalue weighted by Crippen LogP contribution is 2.21. The van der Waals surface area contributed by atoms with Crippen molar-refractivity contribution in [2.75, 3.05) is 18.8 Å². The van der Waals surface area contributed by atoms with Gasteiger partial charge in [0.05, 0.1) is 18.8 Å². The van der Waals surface area contributed by atoms with Crippen molar-refractivity contribution in [3.8, 4) is 0 Å². The van der Waals surface area contributed by atoms with Crippen molar-refractivity contribution in [2.24, 2.45) is 0 Å². The summed E-state index contributed by atoms with van der Waals surface area (Å²) >= 11 is 6.49. The predicted octanol–water partition coefficient (Wildman–Crippen LogP) is 6.25. The number of nitrogens with zero attached hydrogens (tertiary/aromatic N) is 2. The predicted molar refractivity (Wildman–Crippen MR) is 161 cm³/mol. The van der Waals surface area contributed by atoms with Gasteiger partial charge >= 0.3 is 0 Å². The van der Waals surface area contributed by atoms with Crippen molar-refractivity contribution in [2.45, 2.75) is 45.4 Å². The topological polar surface area (TPSA) is 69.7 Å². The van der Waals surface area contributed by atoms with Gasteiger partial charge in [-0.25, -0.2) is 8.42 Å². The molecule has 1 amide bonds. The number of rotatable bonds is 17. The molecule has 1 N–H and O–H groups in total. The van der Waals surface area contributed by atoms with Gasteiger partial charge in [0.1, 0.15) is 0 Å². The van der Waals surface area contributed by atoms with Crippen LogP contribution in [0.4, 0.5) is 0 Å². The van der Waals surface area contributed by atoms with Crippen LogP contribution in [0.3, 0.4) is 0 Å². The fourth-order valence-corrected chi connectivity index (χ4v) is 8.50. The van der Waals surface area contributed by atoms with Gasteiger partial charge in [-0.1, -0.05) is 24.3 Å². The first-order chi connectivity index (χ1) is 18.5. The lowest BCUT2D eigenvalue weighted by atomic mass is 10.3. The molecule has 0 spiro atoms. The van der Waals surface area contributed by atoms with E-state index < -0.39 is 10.0 Å². The molecule has 0 atom stereocenters. The van der Waals surface area contributed by atoms with E-state index in [0.29, 0.717) is 52.1 Å². The summed E-state index contributed by atoms with van der Waals surface area (Å²) in [7, 11) is -3.38. The van der Waals surface area contributed by atoms with Crippen LogP contribution >= 0.6 is 45.3 Å². The first kappa shape index (κ1) is 29.1. The van der Waals surface area contributed by atoms with Crippen LogP contribution in [-0.2, 0) is 41.0 Å². The molecule has 0 aliphatic carbocycles. The maximum absolute atomic E-state index is 13.2. The Morgan fingerprint density at radius 1 is 0.684 bits per heavy atom. The number of nitrogens with one attached hydrogen (secondary N) is 1. The Balaban J connectivity index is 1.19. The van der Waals surface area contributed by atoms with Crippen LogP contribution in [0.2, 0.25) is 0 Å². The van der Waals surface area contributed by atoms with Crippen molar-refractivity contribution in [3.63, 3.8) is 0 Å². The number of amides is 1. The highest BCUT2D eigenvalue weighted by atomic mass is 32.2. The Morgan fingerprint density at radius 3 is 1.61 bits per heavy atom. The molecule has 0 aromatic carbocycles. The van der Waals surface area contributed by atoms with E-state index in [9.17, 15) is 13.2 Å². The number of sulfonamides is 1. The van der Waals surface area contributed by atoms with Crippen molar-refractivity contribution < 1.29 is 13.2 Å². The second-order valence-corrected chi connectivity index (χ2v) is 15.1. The van der Waals surface area contributed by atoms with Crippen molar-refractivity contribution in [1.29, 1.82) is 0 Å². The standard InChI is InChI=1S/C27H33N3O3S5/c31-27(29(19-23-7-3-14-34-23)20-24-8-4-15-35-24)11-13-28-12-1-2-18-38(32,33)30(21-25-9-5-16-36-25)22-26-10-6-17-37-26/h3-10,14-17,28H,1-2,11-13,18-22H2. The van der Waals surface area contributed by atoms with Gasteiger partial charge in [-0.05, 0) is 65.2 Å². The summed E-state index contributed by atoms with van der Waals surface area (Å²) in [5.74, 6) is 0.249. The van der Waals surface area contributed by atoms with Gasteiger partial charge in [0.25, 0.3) is 0 Å². The van der Waals surface area contributed by atoms with Gasteiger partial charge in [0.15, 0.2) is 0 Å². The van der Waals surface area contributed by atoms with Crippen LogP contribution in [0.15, 0.2) is 70.1 Å². The number of hydrogen-bond donors (Lipinski definition) is 1. The average molecular weight is 608 g/mol. The quantitative estimate of drug-likeness (QED) is 0.144. The molecule has 38 heavy (non-hydrogen) atoms. The van der Waals surface area contributed by atoms with E-state index in [1.165, 1.54) is 9.75 Å². The van der Waals surface area contributed by atoms with E-state index in [2.05, 4.69) is 17.4 Å². The Bertz CT molecular complexity index is 1210. The smallest absolute Gasteiger partial charge is 0.224 e. The fourth-order valence-electron chi connectivity index (χ4n) is 3.96. The highest BCUT2D eigenvalue weighted by molar-refractivity contribution is 7.89. The molecule has 0 saturated heterocycles. The van der Waals surface area contributed by atoms with Gasteiger partial charge < -0.3 is 10.2 Å². The highest BCUT2D eigenvalue weighted by Gasteiger charge is 2.23. The summed E-state index contributed by atoms with van der Waals surface area (Å²) in [6.45, 7) is 3.34. The zero-order valence-corrected chi connectivity index (χ0v) is 25.2. The van der Waals surface area contributed by atoms with Crippen molar-refractivity contribution in [1.82, 2.24) is 14.5 Å². The number of thiophene rings is 4. The van der Waals surface area contributed by atoms with Crippen molar-refractivity contribution >= 4 is 61.3 Å². The van der Waals surface area contributed by atoms with E-state index in [-0.39, 0.29) is 11.7 Å². The van der Waals surface area contributed by atoms with E-state index >= 15 is 0 Å². The zero-order valence-electron chi connectivity index (χ0n) is 21.2. The molecule has 4 heterocycles. The minimum Gasteiger partial charge on any atom is -0.332 e. The third-order valence-corrected chi connectivity index (χ3v) is 11.2. The third kappa shape index (κ3) is 9.41. The molecule has 0 bridgehead atoms. The first-order valence-electron chi connectivity index (χ1n) is 12.6. The van der Waals surface area contributed by atoms with Crippen molar-refractivity contribution in [3.05, 3.63) is 89.6 Å². The lowest BCUT2D eigenvalue weighted by molar-refractivity contribution is -0.132. The maximum atomic E-state index is 13.2. The molecule has 204 valence electrons. The normalized spacial score (nSPS) is 11.8. The molecule has 0 saturated carbocycles. The molecule has 0 fully saturated rings. The monoisotopic (exact) mass is 607 g/mol. The van der Waals surface area contributed by atoms with E-state index in [1.807, 2.05) is 62.8 Å². The maximum Gasteiger partial charge on any atom is 0.224 e. The van der Waals surface area contributed by atoms with Crippen LogP contribution in [-0.4, -0.2) is 42.4 Å². The molecule has 0 aliphatic rings. The molecule has 0 unspecified atom stereocenters. The van der Waals surface area contributed by atoms with Gasteiger partial charge in [0.2, 0.25) is 15.9 Å². The van der Waals surface area contributed by atoms with Crippen LogP contribution in [0.25, 0.3) is 0 Å². The Hall–Kier alpha value is -1.86. The Morgan fingerprint density at radius 2 is 1.16 bits per heavy atom. The SMILES string of the molecule is O=C(CCNCCCCS(=O)(=O)N(Cc1cccs1)Cc1cccs1)N(Cc1cccs1)Cc1cccs1. The van der Waals surface area contributed by atoms with Gasteiger partial charge in [-0.15, -0.1) is 45.3 Å². The Labute approximate surface area is 241 Å². The lowest BCUT2D eigenvalue weighted by Gasteiger charge is -2.22. The average Bonchev–Trinajstić information content (AvgIpc) is 3.72. The molecule has 4 aromatic rings. The number of hydrogen-bond acceptors (Lipinski definition) is 8. The van der Waals surface area contributed by atoms with Crippen LogP contribution in [0, 0.1) is 0 Å². The van der Waals surface area contributed by atoms with E-state index in [0.717, 1.165) is 16.2 Å². The van der Waals surface area contributed by atoms with E-state index in [1.54, 1.807) is 49.7 Å². The molecular weight excluding hydrogens is 575 g/mol. The number of unbranched alkanes of at least 4 members (excludes halogenated alkanes) is 1. The first-order valence-corrected chi connectivity index (χ1v) is 17.7. The molecule has 4 aromatic heterocycles. The van der Waals surface area contributed by atoms with Gasteiger partial charge in [0, 0.05) is 45.6 Å². The van der Waals surface area contributed by atoms with Gasteiger partial charge in [-0.3, -0.25) is 4.79 Å². The summed E-state index contributed by atoms with van der Waals surface area (Å²) in [6.07, 6.45) is 1.75. The summed E-state index contributed by atoms with van der Waals surface area (Å²) < 4.78 is 27.9. The van der Waals surface area contributed by atoms with Crippen LogP contribution in [0.1, 0.15) is 38.8 Å². The molecule has 6 nitrogen and oxygen atoms in total. The molecule has 4 rings (SSSR count). The Kier molecular flexibility index (Phi) is 11.5. The summed E-state index contributed by atoms with van der Waals surface area (Å²) in [5, 5.41) is 11.4. The minimum atomic E-state index is -3.38. The van der Waals surface area contributed by atoms with Crippen LogP contribution in [0.5, 0.6) is 0 Å². The zero-order chi connectivity index (χ0) is 26.6. The second kappa shape index (κ2) is 15.1. The molecular formula is C27H33N3O3S5. The summed E-state index contributed by atoms with van der Waals surface area (Å²) in [4.78, 5) is 19.3. The third-order valence-electron chi connectivity index (χ3n) is 5.95. The lowest BCUT2D eigenvalue weighted by Crippen LogP contribution is -2.33. The molecule has 11 heteroatoms. The summed E-state index contributed by atoms with van der Waals surface area (Å²) in [5.41, 5.74) is 0. The van der Waals surface area contributed by atoms with Gasteiger partial charge in [-0.2, -0.15) is 4.31 Å². The number of carbonyl (C=O) groups is 1. The molecule has 0 aliphatic heterocycles. The minimum absolute atomic E-state index is 0.125.